The minimum absolute atomic E-state index is 0.349. The van der Waals surface area contributed by atoms with Crippen molar-refractivity contribution in [3.8, 4) is 6.07 Å². The fraction of sp³-hybridized carbons (Fsp3) is 0.316. The minimum atomic E-state index is -3.70. The number of benzene rings is 2. The molecule has 1 N–H and O–H groups in total. The normalized spacial score (nSPS) is 11.2. The molecule has 4 nitrogen and oxygen atoms in total. The van der Waals surface area contributed by atoms with Gasteiger partial charge in [0.1, 0.15) is 0 Å². The predicted molar refractivity (Wildman–Crippen MR) is 104 cm³/mol. The van der Waals surface area contributed by atoms with Gasteiger partial charge < -0.3 is 0 Å². The van der Waals surface area contributed by atoms with Gasteiger partial charge in [-0.15, -0.1) is 11.8 Å². The van der Waals surface area contributed by atoms with E-state index >= 15 is 0 Å². The van der Waals surface area contributed by atoms with Crippen molar-refractivity contribution in [2.75, 3.05) is 10.5 Å². The van der Waals surface area contributed by atoms with Crippen LogP contribution in [0.3, 0.4) is 0 Å². The predicted octanol–water partition coefficient (Wildman–Crippen LogP) is 4.73. The molecule has 6 heteroatoms. The fourth-order valence-electron chi connectivity index (χ4n) is 2.66. The number of rotatable bonds is 6. The number of nitriles is 1. The van der Waals surface area contributed by atoms with Crippen LogP contribution in [-0.2, 0) is 10.0 Å². The molecular formula is C19H22N2O2S2. The molecule has 0 aromatic heterocycles. The highest BCUT2D eigenvalue weighted by atomic mass is 32.2. The quantitative estimate of drug-likeness (QED) is 0.586. The zero-order chi connectivity index (χ0) is 18.6. The summed E-state index contributed by atoms with van der Waals surface area (Å²) < 4.78 is 28.8. The standard InChI is InChI=1S/C19H22N2O2S2/c1-13-12-14(2)16(4)19(15(13)3)25(22,23)21-17-8-5-6-9-18(17)24-11-7-10-20/h5-6,8-9,12,21H,7,11H2,1-4H3. The van der Waals surface area contributed by atoms with E-state index in [4.69, 9.17) is 5.26 Å². The SMILES string of the molecule is Cc1cc(C)c(C)c(S(=O)(=O)Nc2ccccc2SCCC#N)c1C. The third-order valence-corrected chi connectivity index (χ3v) is 6.88. The number of nitrogens with zero attached hydrogens (tertiary/aromatic N) is 1. The van der Waals surface area contributed by atoms with Gasteiger partial charge >= 0.3 is 0 Å². The first kappa shape index (κ1) is 19.4. The van der Waals surface area contributed by atoms with Gasteiger partial charge in [0, 0.05) is 17.1 Å². The monoisotopic (exact) mass is 374 g/mol. The van der Waals surface area contributed by atoms with E-state index in [0.29, 0.717) is 22.8 Å². The van der Waals surface area contributed by atoms with Crippen LogP contribution in [0.2, 0.25) is 0 Å². The van der Waals surface area contributed by atoms with E-state index in [2.05, 4.69) is 10.8 Å². The third-order valence-electron chi connectivity index (χ3n) is 4.17. The van der Waals surface area contributed by atoms with Crippen LogP contribution >= 0.6 is 11.8 Å². The Morgan fingerprint density at radius 1 is 1.08 bits per heavy atom. The third kappa shape index (κ3) is 4.36. The molecule has 0 saturated carbocycles. The van der Waals surface area contributed by atoms with Crippen LogP contribution < -0.4 is 4.72 Å². The number of hydrogen-bond donors (Lipinski definition) is 1. The van der Waals surface area contributed by atoms with Gasteiger partial charge in [-0.05, 0) is 62.1 Å². The molecule has 0 saturated heterocycles. The molecule has 132 valence electrons. The van der Waals surface area contributed by atoms with E-state index in [1.165, 1.54) is 11.8 Å². The lowest BCUT2D eigenvalue weighted by Crippen LogP contribution is -2.17. The summed E-state index contributed by atoms with van der Waals surface area (Å²) in [6, 6.07) is 11.4. The Hall–Kier alpha value is -1.97. The molecule has 0 heterocycles. The zero-order valence-electron chi connectivity index (χ0n) is 14.9. The second-order valence-electron chi connectivity index (χ2n) is 5.95. The van der Waals surface area contributed by atoms with Crippen molar-refractivity contribution in [3.63, 3.8) is 0 Å². The van der Waals surface area contributed by atoms with Crippen molar-refractivity contribution in [1.82, 2.24) is 0 Å². The maximum absolute atomic E-state index is 13.1. The molecule has 2 aromatic carbocycles. The molecule has 0 radical (unpaired) electrons. The summed E-state index contributed by atoms with van der Waals surface area (Å²) in [5.41, 5.74) is 4.00. The Balaban J connectivity index is 2.43. The van der Waals surface area contributed by atoms with E-state index in [9.17, 15) is 8.42 Å². The fourth-order valence-corrected chi connectivity index (χ4v) is 5.29. The zero-order valence-corrected chi connectivity index (χ0v) is 16.5. The minimum Gasteiger partial charge on any atom is -0.278 e. The number of aryl methyl sites for hydroxylation is 2. The van der Waals surface area contributed by atoms with E-state index < -0.39 is 10.0 Å². The van der Waals surface area contributed by atoms with Crippen LogP contribution in [-0.4, -0.2) is 14.2 Å². The first-order valence-corrected chi connectivity index (χ1v) is 10.4. The number of para-hydroxylation sites is 1. The van der Waals surface area contributed by atoms with Crippen molar-refractivity contribution in [2.45, 2.75) is 43.9 Å². The first-order chi connectivity index (χ1) is 11.8. The van der Waals surface area contributed by atoms with Gasteiger partial charge in [-0.3, -0.25) is 4.72 Å². The molecule has 0 aliphatic carbocycles. The lowest BCUT2D eigenvalue weighted by molar-refractivity contribution is 0.599. The maximum atomic E-state index is 13.1. The maximum Gasteiger partial charge on any atom is 0.262 e. The highest BCUT2D eigenvalue weighted by Crippen LogP contribution is 2.32. The molecule has 0 bridgehead atoms. The van der Waals surface area contributed by atoms with Gasteiger partial charge in [-0.1, -0.05) is 18.2 Å². The summed E-state index contributed by atoms with van der Waals surface area (Å²) in [5, 5.41) is 8.69. The molecule has 0 spiro atoms. The number of sulfonamides is 1. The van der Waals surface area contributed by atoms with Crippen LogP contribution in [0.1, 0.15) is 28.7 Å². The van der Waals surface area contributed by atoms with Gasteiger partial charge in [-0.25, -0.2) is 8.42 Å². The molecular weight excluding hydrogens is 352 g/mol. The molecule has 0 atom stereocenters. The molecule has 0 aliphatic rings. The second kappa shape index (κ2) is 7.94. The Kier molecular flexibility index (Phi) is 6.15. The Morgan fingerprint density at radius 2 is 1.68 bits per heavy atom. The highest BCUT2D eigenvalue weighted by molar-refractivity contribution is 7.99. The van der Waals surface area contributed by atoms with Crippen LogP contribution in [0.5, 0.6) is 0 Å². The largest absolute Gasteiger partial charge is 0.278 e. The number of anilines is 1. The van der Waals surface area contributed by atoms with Crippen molar-refractivity contribution < 1.29 is 8.42 Å². The van der Waals surface area contributed by atoms with Crippen LogP contribution in [0.15, 0.2) is 40.1 Å². The number of hydrogen-bond acceptors (Lipinski definition) is 4. The summed E-state index contributed by atoms with van der Waals surface area (Å²) in [7, 11) is -3.70. The van der Waals surface area contributed by atoms with Gasteiger partial charge in [0.25, 0.3) is 10.0 Å². The molecule has 0 aliphatic heterocycles. The van der Waals surface area contributed by atoms with Gasteiger partial charge in [0.15, 0.2) is 0 Å². The number of thioether (sulfide) groups is 1. The molecule has 2 rings (SSSR count). The average molecular weight is 375 g/mol. The summed E-state index contributed by atoms with van der Waals surface area (Å²) in [6.07, 6.45) is 0.418. The topological polar surface area (TPSA) is 70.0 Å². The van der Waals surface area contributed by atoms with Crippen molar-refractivity contribution >= 4 is 27.5 Å². The van der Waals surface area contributed by atoms with Crippen molar-refractivity contribution in [3.05, 3.63) is 52.6 Å². The first-order valence-electron chi connectivity index (χ1n) is 7.97. The Labute approximate surface area is 154 Å². The van der Waals surface area contributed by atoms with Gasteiger partial charge in [-0.2, -0.15) is 5.26 Å². The van der Waals surface area contributed by atoms with Crippen LogP contribution in [0.4, 0.5) is 5.69 Å². The molecule has 25 heavy (non-hydrogen) atoms. The lowest BCUT2D eigenvalue weighted by atomic mass is 10.0. The second-order valence-corrected chi connectivity index (χ2v) is 8.70. The molecule has 0 amide bonds. The smallest absolute Gasteiger partial charge is 0.262 e. The Morgan fingerprint density at radius 3 is 2.28 bits per heavy atom. The highest BCUT2D eigenvalue weighted by Gasteiger charge is 2.23. The summed E-state index contributed by atoms with van der Waals surface area (Å²) >= 11 is 1.47. The lowest BCUT2D eigenvalue weighted by Gasteiger charge is -2.18. The average Bonchev–Trinajstić information content (AvgIpc) is 2.54. The molecule has 0 unspecified atom stereocenters. The molecule has 2 aromatic rings. The van der Waals surface area contributed by atoms with E-state index in [0.717, 1.165) is 27.1 Å². The van der Waals surface area contributed by atoms with Gasteiger partial charge in [0.05, 0.1) is 16.7 Å². The Bertz CT molecular complexity index is 903. The summed E-state index contributed by atoms with van der Waals surface area (Å²) in [5.74, 6) is 0.622. The molecule has 0 fully saturated rings. The van der Waals surface area contributed by atoms with Crippen LogP contribution in [0, 0.1) is 39.0 Å². The van der Waals surface area contributed by atoms with E-state index in [1.807, 2.05) is 45.9 Å². The van der Waals surface area contributed by atoms with Crippen molar-refractivity contribution in [1.29, 1.82) is 5.26 Å². The van der Waals surface area contributed by atoms with Gasteiger partial charge in [0.2, 0.25) is 0 Å². The van der Waals surface area contributed by atoms with E-state index in [-0.39, 0.29) is 0 Å². The van der Waals surface area contributed by atoms with Crippen molar-refractivity contribution in [2.24, 2.45) is 0 Å². The van der Waals surface area contributed by atoms with E-state index in [1.54, 1.807) is 12.1 Å². The number of nitrogens with one attached hydrogen (secondary N) is 1. The van der Waals surface area contributed by atoms with Crippen LogP contribution in [0.25, 0.3) is 0 Å². The summed E-state index contributed by atoms with van der Waals surface area (Å²) in [6.45, 7) is 7.52. The summed E-state index contributed by atoms with van der Waals surface area (Å²) in [4.78, 5) is 1.17.